The van der Waals surface area contributed by atoms with Crippen LogP contribution in [0.3, 0.4) is 0 Å². The average Bonchev–Trinajstić information content (AvgIpc) is 2.71. The lowest BCUT2D eigenvalue weighted by Crippen LogP contribution is -2.30. The van der Waals surface area contributed by atoms with Gasteiger partial charge in [0.15, 0.2) is 9.84 Å². The Morgan fingerprint density at radius 3 is 2.63 bits per heavy atom. The van der Waals surface area contributed by atoms with Crippen molar-refractivity contribution in [3.05, 3.63) is 0 Å². The standard InChI is InChI=1S/C13H25NO4S/c1-2-3-4-5-6-8-18-13(15)14-10-12-7-9-19(16,17)11-12/h12H,2-11H2,1H3,(H,14,15). The number of nitrogens with one attached hydrogen (secondary N) is 1. The highest BCUT2D eigenvalue weighted by atomic mass is 32.2. The van der Waals surface area contributed by atoms with Gasteiger partial charge in [-0.3, -0.25) is 0 Å². The maximum Gasteiger partial charge on any atom is 0.407 e. The number of alkyl carbamates (subject to hydrolysis) is 1. The van der Waals surface area contributed by atoms with Crippen molar-refractivity contribution in [3.8, 4) is 0 Å². The fraction of sp³-hybridized carbons (Fsp3) is 0.923. The summed E-state index contributed by atoms with van der Waals surface area (Å²) in [4.78, 5) is 11.4. The molecular formula is C13H25NO4S. The van der Waals surface area contributed by atoms with Crippen molar-refractivity contribution in [1.82, 2.24) is 5.32 Å². The first-order chi connectivity index (χ1) is 9.03. The lowest BCUT2D eigenvalue weighted by atomic mass is 10.1. The highest BCUT2D eigenvalue weighted by Gasteiger charge is 2.27. The molecule has 0 radical (unpaired) electrons. The summed E-state index contributed by atoms with van der Waals surface area (Å²) >= 11 is 0. The molecule has 1 atom stereocenters. The van der Waals surface area contributed by atoms with Crippen molar-refractivity contribution < 1.29 is 17.9 Å². The van der Waals surface area contributed by atoms with Gasteiger partial charge in [0.05, 0.1) is 18.1 Å². The van der Waals surface area contributed by atoms with Gasteiger partial charge >= 0.3 is 6.09 Å². The first kappa shape index (κ1) is 16.3. The highest BCUT2D eigenvalue weighted by molar-refractivity contribution is 7.91. The first-order valence-electron chi connectivity index (χ1n) is 7.14. The van der Waals surface area contributed by atoms with Gasteiger partial charge in [-0.05, 0) is 18.8 Å². The lowest BCUT2D eigenvalue weighted by molar-refractivity contribution is 0.142. The van der Waals surface area contributed by atoms with E-state index >= 15 is 0 Å². The molecule has 0 aromatic carbocycles. The molecule has 0 spiro atoms. The van der Waals surface area contributed by atoms with E-state index in [1.807, 2.05) is 0 Å². The van der Waals surface area contributed by atoms with E-state index in [2.05, 4.69) is 12.2 Å². The van der Waals surface area contributed by atoms with E-state index in [0.29, 0.717) is 19.6 Å². The van der Waals surface area contributed by atoms with Crippen molar-refractivity contribution in [2.45, 2.75) is 45.4 Å². The van der Waals surface area contributed by atoms with Crippen LogP contribution in [0.25, 0.3) is 0 Å². The molecule has 0 saturated carbocycles. The normalized spacial score (nSPS) is 21.2. The Morgan fingerprint density at radius 2 is 2.00 bits per heavy atom. The molecule has 112 valence electrons. The topological polar surface area (TPSA) is 72.5 Å². The number of carbonyl (C=O) groups excluding carboxylic acids is 1. The zero-order valence-electron chi connectivity index (χ0n) is 11.7. The minimum atomic E-state index is -2.87. The third-order valence-corrected chi connectivity index (χ3v) is 5.18. The molecule has 0 bridgehead atoms. The Labute approximate surface area is 116 Å². The molecule has 1 N–H and O–H groups in total. The monoisotopic (exact) mass is 291 g/mol. The van der Waals surface area contributed by atoms with Crippen LogP contribution >= 0.6 is 0 Å². The van der Waals surface area contributed by atoms with E-state index in [1.54, 1.807) is 0 Å². The van der Waals surface area contributed by atoms with Crippen molar-refractivity contribution in [2.24, 2.45) is 5.92 Å². The summed E-state index contributed by atoms with van der Waals surface area (Å²) in [7, 11) is -2.87. The summed E-state index contributed by atoms with van der Waals surface area (Å²) < 4.78 is 27.5. The van der Waals surface area contributed by atoms with Crippen LogP contribution in [0.1, 0.15) is 45.4 Å². The number of carbonyl (C=O) groups is 1. The molecular weight excluding hydrogens is 266 g/mol. The quantitative estimate of drug-likeness (QED) is 0.695. The lowest BCUT2D eigenvalue weighted by Gasteiger charge is -2.10. The number of hydrogen-bond acceptors (Lipinski definition) is 4. The Balaban J connectivity index is 1.99. The molecule has 1 saturated heterocycles. The summed E-state index contributed by atoms with van der Waals surface area (Å²) in [5, 5.41) is 2.64. The van der Waals surface area contributed by atoms with Crippen LogP contribution in [0.5, 0.6) is 0 Å². The Hall–Kier alpha value is -0.780. The average molecular weight is 291 g/mol. The molecule has 1 fully saturated rings. The molecule has 1 aliphatic rings. The third kappa shape index (κ3) is 7.40. The summed E-state index contributed by atoms with van der Waals surface area (Å²) in [6.45, 7) is 3.00. The number of hydrogen-bond donors (Lipinski definition) is 1. The summed E-state index contributed by atoms with van der Waals surface area (Å²) in [6.07, 6.45) is 5.79. The fourth-order valence-electron chi connectivity index (χ4n) is 2.18. The van der Waals surface area contributed by atoms with Gasteiger partial charge in [-0.25, -0.2) is 13.2 Å². The van der Waals surface area contributed by atoms with Crippen molar-refractivity contribution >= 4 is 15.9 Å². The van der Waals surface area contributed by atoms with E-state index in [9.17, 15) is 13.2 Å². The van der Waals surface area contributed by atoms with Crippen molar-refractivity contribution in [2.75, 3.05) is 24.7 Å². The van der Waals surface area contributed by atoms with Crippen LogP contribution in [0.2, 0.25) is 0 Å². The van der Waals surface area contributed by atoms with Crippen LogP contribution in [0.15, 0.2) is 0 Å². The summed E-state index contributed by atoms with van der Waals surface area (Å²) in [5.41, 5.74) is 0. The SMILES string of the molecule is CCCCCCCOC(=O)NCC1CCS(=O)(=O)C1. The van der Waals surface area contributed by atoms with Crippen molar-refractivity contribution in [3.63, 3.8) is 0 Å². The second-order valence-electron chi connectivity index (χ2n) is 5.20. The largest absolute Gasteiger partial charge is 0.450 e. The number of rotatable bonds is 8. The second kappa shape index (κ2) is 8.40. The molecule has 1 rings (SSSR count). The van der Waals surface area contributed by atoms with Crippen molar-refractivity contribution in [1.29, 1.82) is 0 Å². The van der Waals surface area contributed by atoms with E-state index in [0.717, 1.165) is 12.8 Å². The smallest absolute Gasteiger partial charge is 0.407 e. The van der Waals surface area contributed by atoms with E-state index in [1.165, 1.54) is 19.3 Å². The molecule has 1 heterocycles. The summed E-state index contributed by atoms with van der Waals surface area (Å²) in [5.74, 6) is 0.470. The van der Waals surface area contributed by atoms with Gasteiger partial charge in [-0.15, -0.1) is 0 Å². The van der Waals surface area contributed by atoms with Gasteiger partial charge in [-0.1, -0.05) is 32.6 Å². The van der Waals surface area contributed by atoms with Gasteiger partial charge in [0, 0.05) is 6.54 Å². The van der Waals surface area contributed by atoms with Crippen LogP contribution in [-0.4, -0.2) is 39.2 Å². The van der Waals surface area contributed by atoms with E-state index in [4.69, 9.17) is 4.74 Å². The van der Waals surface area contributed by atoms with Gasteiger partial charge in [0.25, 0.3) is 0 Å². The summed E-state index contributed by atoms with van der Waals surface area (Å²) in [6, 6.07) is 0. The predicted octanol–water partition coefficient (Wildman–Crippen LogP) is 2.12. The molecule has 6 heteroatoms. The van der Waals surface area contributed by atoms with Gasteiger partial charge < -0.3 is 10.1 Å². The van der Waals surface area contributed by atoms with Gasteiger partial charge in [0.1, 0.15) is 0 Å². The molecule has 0 aromatic heterocycles. The first-order valence-corrected chi connectivity index (χ1v) is 8.96. The minimum Gasteiger partial charge on any atom is -0.450 e. The van der Waals surface area contributed by atoms with Crippen LogP contribution in [0, 0.1) is 5.92 Å². The van der Waals surface area contributed by atoms with Crippen LogP contribution < -0.4 is 5.32 Å². The highest BCUT2D eigenvalue weighted by Crippen LogP contribution is 2.17. The van der Waals surface area contributed by atoms with Crippen LogP contribution in [-0.2, 0) is 14.6 Å². The maximum absolute atomic E-state index is 11.4. The molecule has 1 amide bonds. The number of unbranched alkanes of at least 4 members (excludes halogenated alkanes) is 4. The van der Waals surface area contributed by atoms with E-state index in [-0.39, 0.29) is 17.4 Å². The Bertz CT molecular complexity index is 367. The molecule has 19 heavy (non-hydrogen) atoms. The number of amides is 1. The molecule has 1 aliphatic heterocycles. The fourth-order valence-corrected chi connectivity index (χ4v) is 4.04. The van der Waals surface area contributed by atoms with Crippen LogP contribution in [0.4, 0.5) is 4.79 Å². The van der Waals surface area contributed by atoms with Gasteiger partial charge in [0.2, 0.25) is 0 Å². The Kier molecular flexibility index (Phi) is 7.20. The maximum atomic E-state index is 11.4. The zero-order chi connectivity index (χ0) is 14.1. The predicted molar refractivity (Wildman–Crippen MR) is 74.9 cm³/mol. The van der Waals surface area contributed by atoms with Gasteiger partial charge in [-0.2, -0.15) is 0 Å². The third-order valence-electron chi connectivity index (χ3n) is 3.34. The second-order valence-corrected chi connectivity index (χ2v) is 7.43. The Morgan fingerprint density at radius 1 is 1.26 bits per heavy atom. The molecule has 0 aromatic rings. The van der Waals surface area contributed by atoms with E-state index < -0.39 is 15.9 Å². The number of sulfone groups is 1. The number of ether oxygens (including phenoxy) is 1. The molecule has 5 nitrogen and oxygen atoms in total. The molecule has 1 unspecified atom stereocenters. The molecule has 0 aliphatic carbocycles. The zero-order valence-corrected chi connectivity index (χ0v) is 12.5. The minimum absolute atomic E-state index is 0.0436.